The van der Waals surface area contributed by atoms with Gasteiger partial charge in [0.15, 0.2) is 0 Å². The Morgan fingerprint density at radius 3 is 2.84 bits per heavy atom. The number of nitrogens with one attached hydrogen (secondary N) is 2. The number of hydrogen-bond acceptors (Lipinski definition) is 4. The average Bonchev–Trinajstić information content (AvgIpc) is 2.62. The summed E-state index contributed by atoms with van der Waals surface area (Å²) in [6, 6.07) is 1.61. The van der Waals surface area contributed by atoms with Gasteiger partial charge in [0, 0.05) is 30.6 Å². The van der Waals surface area contributed by atoms with E-state index in [-0.39, 0.29) is 18.0 Å². The van der Waals surface area contributed by atoms with Crippen molar-refractivity contribution >= 4 is 11.7 Å². The summed E-state index contributed by atoms with van der Waals surface area (Å²) in [5.74, 6) is 0.262. The maximum absolute atomic E-state index is 11.7. The summed E-state index contributed by atoms with van der Waals surface area (Å²) >= 11 is 0. The van der Waals surface area contributed by atoms with Crippen LogP contribution in [0.1, 0.15) is 17.8 Å². The number of H-pyrrole nitrogens is 1. The van der Waals surface area contributed by atoms with Gasteiger partial charge in [-0.05, 0) is 19.9 Å². The fourth-order valence-electron chi connectivity index (χ4n) is 1.73. The van der Waals surface area contributed by atoms with Crippen LogP contribution >= 0.6 is 0 Å². The van der Waals surface area contributed by atoms with Gasteiger partial charge in [0.2, 0.25) is 5.91 Å². The number of carbonyl (C=O) groups is 1. The van der Waals surface area contributed by atoms with Crippen LogP contribution in [0.2, 0.25) is 0 Å². The molecule has 2 heterocycles. The number of aromatic amines is 1. The van der Waals surface area contributed by atoms with Gasteiger partial charge in [-0.1, -0.05) is 0 Å². The number of carbonyl (C=O) groups excluding carboxylic acids is 1. The van der Waals surface area contributed by atoms with Crippen molar-refractivity contribution in [3.63, 3.8) is 0 Å². The Morgan fingerprint density at radius 2 is 2.26 bits per heavy atom. The van der Waals surface area contributed by atoms with Crippen molar-refractivity contribution in [1.29, 1.82) is 0 Å². The summed E-state index contributed by atoms with van der Waals surface area (Å²) in [5.41, 5.74) is 1.48. The van der Waals surface area contributed by atoms with Gasteiger partial charge in [-0.3, -0.25) is 9.36 Å². The Morgan fingerprint density at radius 1 is 1.47 bits per heavy atom. The lowest BCUT2D eigenvalue weighted by atomic mass is 10.3. The fourth-order valence-corrected chi connectivity index (χ4v) is 1.73. The molecule has 7 heteroatoms. The molecule has 7 nitrogen and oxygen atoms in total. The van der Waals surface area contributed by atoms with E-state index in [1.807, 2.05) is 13.8 Å². The minimum Gasteiger partial charge on any atom is -0.311 e. The topological polar surface area (TPSA) is 92.7 Å². The number of aromatic nitrogens is 4. The first-order valence-electron chi connectivity index (χ1n) is 5.90. The summed E-state index contributed by atoms with van der Waals surface area (Å²) in [4.78, 5) is 33.7. The molecule has 100 valence electrons. The second kappa shape index (κ2) is 5.47. The fraction of sp³-hybridized carbons (Fsp3) is 0.333. The van der Waals surface area contributed by atoms with Crippen molar-refractivity contribution in [2.45, 2.75) is 26.8 Å². The van der Waals surface area contributed by atoms with E-state index in [4.69, 9.17) is 0 Å². The van der Waals surface area contributed by atoms with E-state index in [2.05, 4.69) is 20.3 Å². The van der Waals surface area contributed by atoms with Gasteiger partial charge < -0.3 is 10.3 Å². The minimum absolute atomic E-state index is 0.190. The molecular weight excluding hydrogens is 246 g/mol. The third-order valence-electron chi connectivity index (χ3n) is 2.90. The molecule has 0 atom stereocenters. The van der Waals surface area contributed by atoms with Gasteiger partial charge in [-0.25, -0.2) is 14.8 Å². The smallest absolute Gasteiger partial charge is 0.311 e. The van der Waals surface area contributed by atoms with Crippen molar-refractivity contribution in [2.24, 2.45) is 0 Å². The minimum atomic E-state index is -0.191. The number of aryl methyl sites for hydroxylation is 1. The maximum Gasteiger partial charge on any atom is 0.325 e. The molecule has 0 aliphatic heterocycles. The third kappa shape index (κ3) is 3.06. The molecule has 2 aromatic heterocycles. The highest BCUT2D eigenvalue weighted by Crippen LogP contribution is 2.03. The Hall–Kier alpha value is -2.44. The molecule has 2 aromatic rings. The second-order valence-electron chi connectivity index (χ2n) is 4.18. The summed E-state index contributed by atoms with van der Waals surface area (Å²) in [6.07, 6.45) is 3.12. The second-order valence-corrected chi connectivity index (χ2v) is 4.18. The summed E-state index contributed by atoms with van der Waals surface area (Å²) in [7, 11) is 0. The predicted octanol–water partition coefficient (Wildman–Crippen LogP) is 0.612. The molecule has 19 heavy (non-hydrogen) atoms. The highest BCUT2D eigenvalue weighted by Gasteiger charge is 2.09. The van der Waals surface area contributed by atoms with Crippen LogP contribution in [0.3, 0.4) is 0 Å². The quantitative estimate of drug-likeness (QED) is 0.843. The number of imidazole rings is 1. The molecule has 0 fully saturated rings. The van der Waals surface area contributed by atoms with Gasteiger partial charge >= 0.3 is 5.69 Å². The molecule has 1 amide bonds. The lowest BCUT2D eigenvalue weighted by molar-refractivity contribution is -0.116. The molecule has 0 unspecified atom stereocenters. The number of hydrogen-bond donors (Lipinski definition) is 2. The van der Waals surface area contributed by atoms with Gasteiger partial charge in [-0.2, -0.15) is 0 Å². The van der Waals surface area contributed by atoms with Crippen LogP contribution in [-0.2, 0) is 11.3 Å². The van der Waals surface area contributed by atoms with Crippen LogP contribution in [-0.4, -0.2) is 25.4 Å². The SMILES string of the molecule is Cc1[nH]c(=O)n(CCC(=O)Nc2ccncn2)c1C. The molecule has 2 rings (SSSR count). The standard InChI is InChI=1S/C12H15N5O2/c1-8-9(2)17(12(19)15-8)6-4-11(18)16-10-3-5-13-7-14-10/h3,5,7H,4,6H2,1-2H3,(H,15,19)(H,13,14,16,18). The first-order valence-corrected chi connectivity index (χ1v) is 5.90. The zero-order chi connectivity index (χ0) is 13.8. The van der Waals surface area contributed by atoms with Gasteiger partial charge in [0.05, 0.1) is 0 Å². The normalized spacial score (nSPS) is 10.4. The van der Waals surface area contributed by atoms with E-state index in [0.29, 0.717) is 12.4 Å². The number of rotatable bonds is 4. The predicted molar refractivity (Wildman–Crippen MR) is 69.8 cm³/mol. The van der Waals surface area contributed by atoms with Crippen LogP contribution in [0.4, 0.5) is 5.82 Å². The molecule has 0 bridgehead atoms. The zero-order valence-electron chi connectivity index (χ0n) is 10.8. The highest BCUT2D eigenvalue weighted by molar-refractivity contribution is 5.89. The number of anilines is 1. The van der Waals surface area contributed by atoms with Crippen molar-refractivity contribution in [1.82, 2.24) is 19.5 Å². The van der Waals surface area contributed by atoms with Crippen LogP contribution in [0, 0.1) is 13.8 Å². The maximum atomic E-state index is 11.7. The molecule has 0 saturated carbocycles. The summed E-state index contributed by atoms with van der Waals surface area (Å²) in [5, 5.41) is 2.64. The molecule has 0 saturated heterocycles. The molecular formula is C12H15N5O2. The van der Waals surface area contributed by atoms with E-state index >= 15 is 0 Å². The lowest BCUT2D eigenvalue weighted by Gasteiger charge is -2.05. The van der Waals surface area contributed by atoms with Crippen molar-refractivity contribution in [2.75, 3.05) is 5.32 Å². The summed E-state index contributed by atoms with van der Waals surface area (Å²) in [6.45, 7) is 4.01. The van der Waals surface area contributed by atoms with Crippen LogP contribution in [0.5, 0.6) is 0 Å². The number of amides is 1. The van der Waals surface area contributed by atoms with Crippen LogP contribution < -0.4 is 11.0 Å². The van der Waals surface area contributed by atoms with E-state index < -0.39 is 0 Å². The summed E-state index contributed by atoms with van der Waals surface area (Å²) < 4.78 is 1.55. The Bertz CT molecular complexity index is 629. The number of nitrogens with zero attached hydrogens (tertiary/aromatic N) is 3. The first kappa shape index (κ1) is 13.0. The average molecular weight is 261 g/mol. The van der Waals surface area contributed by atoms with Crippen molar-refractivity contribution in [3.05, 3.63) is 40.5 Å². The van der Waals surface area contributed by atoms with Gasteiger partial charge in [-0.15, -0.1) is 0 Å². The Balaban J connectivity index is 1.96. The highest BCUT2D eigenvalue weighted by atomic mass is 16.2. The van der Waals surface area contributed by atoms with Crippen molar-refractivity contribution < 1.29 is 4.79 Å². The Kier molecular flexibility index (Phi) is 3.74. The molecule has 2 N–H and O–H groups in total. The first-order chi connectivity index (χ1) is 9.08. The Labute approximate surface area is 109 Å². The van der Waals surface area contributed by atoms with Gasteiger partial charge in [0.1, 0.15) is 12.1 Å². The van der Waals surface area contributed by atoms with E-state index in [9.17, 15) is 9.59 Å². The lowest BCUT2D eigenvalue weighted by Crippen LogP contribution is -2.22. The van der Waals surface area contributed by atoms with Crippen LogP contribution in [0.25, 0.3) is 0 Å². The molecule has 0 aliphatic carbocycles. The largest absolute Gasteiger partial charge is 0.325 e. The van der Waals surface area contributed by atoms with Gasteiger partial charge in [0.25, 0.3) is 0 Å². The van der Waals surface area contributed by atoms with E-state index in [1.165, 1.54) is 6.33 Å². The molecule has 0 aromatic carbocycles. The third-order valence-corrected chi connectivity index (χ3v) is 2.90. The molecule has 0 aliphatic rings. The van der Waals surface area contributed by atoms with Crippen molar-refractivity contribution in [3.8, 4) is 0 Å². The van der Waals surface area contributed by atoms with E-state index in [1.54, 1.807) is 16.8 Å². The monoisotopic (exact) mass is 261 g/mol. The van der Waals surface area contributed by atoms with Crippen LogP contribution in [0.15, 0.2) is 23.4 Å². The molecule has 0 spiro atoms. The van der Waals surface area contributed by atoms with E-state index in [0.717, 1.165) is 11.4 Å². The zero-order valence-corrected chi connectivity index (χ0v) is 10.8. The molecule has 0 radical (unpaired) electrons.